The molecule has 1 aromatic rings. The Bertz CT molecular complexity index is 656. The number of ether oxygens (including phenoxy) is 1. The Balaban J connectivity index is 1.93. The summed E-state index contributed by atoms with van der Waals surface area (Å²) in [4.78, 5) is 27.1. The SMILES string of the molecule is CCN1C[C@@]2(O[C@@H](n3ccc(=O)[nH]c3=O)[C@H](O)[C@H]2O)[C@@H]1C. The molecule has 2 fully saturated rings. The first-order valence-corrected chi connectivity index (χ1v) is 7.00. The lowest BCUT2D eigenvalue weighted by Gasteiger charge is -2.54. The zero-order chi connectivity index (χ0) is 15.4. The number of H-pyrrole nitrogens is 1. The minimum Gasteiger partial charge on any atom is -0.387 e. The zero-order valence-corrected chi connectivity index (χ0v) is 11.9. The van der Waals surface area contributed by atoms with Gasteiger partial charge >= 0.3 is 5.69 Å². The molecule has 0 unspecified atom stereocenters. The van der Waals surface area contributed by atoms with E-state index in [1.165, 1.54) is 12.3 Å². The number of nitrogens with zero attached hydrogens (tertiary/aromatic N) is 2. The van der Waals surface area contributed by atoms with Gasteiger partial charge in [0.05, 0.1) is 0 Å². The molecule has 0 bridgehead atoms. The predicted molar refractivity (Wildman–Crippen MR) is 72.9 cm³/mol. The van der Waals surface area contributed by atoms with Crippen molar-refractivity contribution in [2.24, 2.45) is 0 Å². The zero-order valence-electron chi connectivity index (χ0n) is 11.9. The van der Waals surface area contributed by atoms with E-state index in [1.807, 2.05) is 13.8 Å². The van der Waals surface area contributed by atoms with E-state index >= 15 is 0 Å². The predicted octanol–water partition coefficient (Wildman–Crippen LogP) is -1.75. The van der Waals surface area contributed by atoms with Crippen molar-refractivity contribution in [3.05, 3.63) is 33.1 Å². The van der Waals surface area contributed by atoms with Gasteiger partial charge < -0.3 is 14.9 Å². The second kappa shape index (κ2) is 4.77. The van der Waals surface area contributed by atoms with E-state index in [2.05, 4.69) is 9.88 Å². The van der Waals surface area contributed by atoms with Gasteiger partial charge in [0.2, 0.25) is 0 Å². The van der Waals surface area contributed by atoms with Crippen molar-refractivity contribution in [1.29, 1.82) is 0 Å². The minimum atomic E-state index is -1.23. The number of aromatic nitrogens is 2. The van der Waals surface area contributed by atoms with Crippen LogP contribution in [0.25, 0.3) is 0 Å². The van der Waals surface area contributed by atoms with Crippen LogP contribution < -0.4 is 11.2 Å². The van der Waals surface area contributed by atoms with E-state index in [1.54, 1.807) is 0 Å². The number of aliphatic hydroxyl groups excluding tert-OH is 2. The van der Waals surface area contributed by atoms with Crippen molar-refractivity contribution in [3.63, 3.8) is 0 Å². The fraction of sp³-hybridized carbons (Fsp3) is 0.692. The third-order valence-electron chi connectivity index (χ3n) is 4.69. The quantitative estimate of drug-likeness (QED) is 0.597. The van der Waals surface area contributed by atoms with Crippen LogP contribution in [0.3, 0.4) is 0 Å². The molecule has 8 nitrogen and oxygen atoms in total. The van der Waals surface area contributed by atoms with E-state index in [0.717, 1.165) is 11.1 Å². The van der Waals surface area contributed by atoms with Crippen molar-refractivity contribution in [1.82, 2.24) is 14.5 Å². The second-order valence-electron chi connectivity index (χ2n) is 5.66. The molecule has 3 heterocycles. The van der Waals surface area contributed by atoms with Gasteiger partial charge in [-0.2, -0.15) is 0 Å². The van der Waals surface area contributed by atoms with Crippen LogP contribution in [-0.2, 0) is 4.74 Å². The van der Waals surface area contributed by atoms with E-state index in [4.69, 9.17) is 4.74 Å². The number of nitrogens with one attached hydrogen (secondary N) is 1. The number of likely N-dealkylation sites (tertiary alicyclic amines) is 1. The second-order valence-corrected chi connectivity index (χ2v) is 5.66. The van der Waals surface area contributed by atoms with Gasteiger partial charge in [0.15, 0.2) is 6.23 Å². The topological polar surface area (TPSA) is 108 Å². The lowest BCUT2D eigenvalue weighted by Crippen LogP contribution is -2.73. The standard InChI is InChI=1S/C13H19N3O5/c1-3-15-6-13(7(15)2)10(19)9(18)11(21-13)16-5-4-8(17)14-12(16)20/h4-5,7,9-11,18-19H,3,6H2,1-2H3,(H,14,17,20)/t7-,9+,10+,11+,13+/m0/s1. The summed E-state index contributed by atoms with van der Waals surface area (Å²) in [6, 6.07) is 1.12. The molecule has 2 saturated heterocycles. The van der Waals surface area contributed by atoms with Gasteiger partial charge in [0.1, 0.15) is 17.8 Å². The van der Waals surface area contributed by atoms with Crippen LogP contribution in [0.4, 0.5) is 0 Å². The highest BCUT2D eigenvalue weighted by atomic mass is 16.6. The first-order valence-electron chi connectivity index (χ1n) is 7.00. The van der Waals surface area contributed by atoms with Gasteiger partial charge in [-0.3, -0.25) is 19.2 Å². The van der Waals surface area contributed by atoms with Crippen LogP contribution in [-0.4, -0.2) is 61.6 Å². The van der Waals surface area contributed by atoms with Gasteiger partial charge in [0, 0.05) is 24.8 Å². The summed E-state index contributed by atoms with van der Waals surface area (Å²) in [6.07, 6.45) is -2.05. The first-order chi connectivity index (χ1) is 9.90. The van der Waals surface area contributed by atoms with E-state index < -0.39 is 35.3 Å². The molecule has 21 heavy (non-hydrogen) atoms. The molecule has 3 rings (SSSR count). The number of aliphatic hydroxyl groups is 2. The van der Waals surface area contributed by atoms with Crippen LogP contribution in [0.5, 0.6) is 0 Å². The summed E-state index contributed by atoms with van der Waals surface area (Å²) >= 11 is 0. The molecular weight excluding hydrogens is 278 g/mol. The first kappa shape index (κ1) is 14.5. The summed E-state index contributed by atoms with van der Waals surface area (Å²) in [7, 11) is 0. The minimum absolute atomic E-state index is 0.0596. The van der Waals surface area contributed by atoms with Gasteiger partial charge in [-0.05, 0) is 13.5 Å². The lowest BCUT2D eigenvalue weighted by molar-refractivity contribution is -0.213. The molecule has 0 amide bonds. The van der Waals surface area contributed by atoms with Gasteiger partial charge in [0.25, 0.3) is 5.56 Å². The highest BCUT2D eigenvalue weighted by molar-refractivity contribution is 5.15. The molecule has 5 atom stereocenters. The van der Waals surface area contributed by atoms with Crippen molar-refractivity contribution in [3.8, 4) is 0 Å². The summed E-state index contributed by atoms with van der Waals surface area (Å²) < 4.78 is 6.96. The third kappa shape index (κ3) is 1.90. The van der Waals surface area contributed by atoms with Crippen LogP contribution >= 0.6 is 0 Å². The summed E-state index contributed by atoms with van der Waals surface area (Å²) in [5, 5.41) is 20.6. The van der Waals surface area contributed by atoms with Gasteiger partial charge in [-0.25, -0.2) is 4.79 Å². The molecule has 3 N–H and O–H groups in total. The molecule has 2 aliphatic rings. The van der Waals surface area contributed by atoms with Crippen LogP contribution in [0.15, 0.2) is 21.9 Å². The van der Waals surface area contributed by atoms with Gasteiger partial charge in [-0.15, -0.1) is 0 Å². The van der Waals surface area contributed by atoms with Crippen molar-refractivity contribution in [2.75, 3.05) is 13.1 Å². The summed E-state index contributed by atoms with van der Waals surface area (Å²) in [6.45, 7) is 5.24. The number of likely N-dealkylation sites (N-methyl/N-ethyl adjacent to an activating group) is 1. The monoisotopic (exact) mass is 297 g/mol. The van der Waals surface area contributed by atoms with E-state index in [0.29, 0.717) is 6.54 Å². The van der Waals surface area contributed by atoms with Crippen molar-refractivity contribution >= 4 is 0 Å². The number of hydrogen-bond donors (Lipinski definition) is 3. The Morgan fingerprint density at radius 2 is 2.19 bits per heavy atom. The molecule has 1 aromatic heterocycles. The largest absolute Gasteiger partial charge is 0.387 e. The molecule has 2 aliphatic heterocycles. The van der Waals surface area contributed by atoms with Crippen LogP contribution in [0.1, 0.15) is 20.1 Å². The van der Waals surface area contributed by atoms with Gasteiger partial charge in [-0.1, -0.05) is 6.92 Å². The normalized spacial score (nSPS) is 39.6. The fourth-order valence-electron chi connectivity index (χ4n) is 3.30. The number of rotatable bonds is 2. The molecule has 0 radical (unpaired) electrons. The lowest BCUT2D eigenvalue weighted by atomic mass is 9.79. The molecule has 116 valence electrons. The smallest absolute Gasteiger partial charge is 0.330 e. The average Bonchev–Trinajstić information content (AvgIpc) is 2.71. The molecule has 0 saturated carbocycles. The number of aromatic amines is 1. The molecule has 1 spiro atoms. The van der Waals surface area contributed by atoms with E-state index in [-0.39, 0.29) is 6.04 Å². The maximum Gasteiger partial charge on any atom is 0.330 e. The van der Waals surface area contributed by atoms with Crippen LogP contribution in [0.2, 0.25) is 0 Å². The maximum absolute atomic E-state index is 11.8. The molecule has 0 aromatic carbocycles. The molecule has 8 heteroatoms. The van der Waals surface area contributed by atoms with Crippen molar-refractivity contribution < 1.29 is 14.9 Å². The maximum atomic E-state index is 11.8. The Kier molecular flexibility index (Phi) is 3.28. The highest BCUT2D eigenvalue weighted by Gasteiger charge is 2.64. The summed E-state index contributed by atoms with van der Waals surface area (Å²) in [5.41, 5.74) is -2.07. The number of hydrogen-bond acceptors (Lipinski definition) is 6. The van der Waals surface area contributed by atoms with Crippen LogP contribution in [0, 0.1) is 0 Å². The third-order valence-corrected chi connectivity index (χ3v) is 4.69. The average molecular weight is 297 g/mol. The Hall–Kier alpha value is -1.48. The molecular formula is C13H19N3O5. The fourth-order valence-corrected chi connectivity index (χ4v) is 3.30. The summed E-state index contributed by atoms with van der Waals surface area (Å²) in [5.74, 6) is 0. The molecule has 0 aliphatic carbocycles. The highest BCUT2D eigenvalue weighted by Crippen LogP contribution is 2.46. The van der Waals surface area contributed by atoms with E-state index in [9.17, 15) is 19.8 Å². The Labute approximate surface area is 120 Å². The van der Waals surface area contributed by atoms with Crippen molar-refractivity contribution in [2.45, 2.75) is 43.9 Å². The Morgan fingerprint density at radius 3 is 2.76 bits per heavy atom. The Morgan fingerprint density at radius 1 is 1.48 bits per heavy atom.